The average Bonchev–Trinajstić information content (AvgIpc) is 2.19. The highest BCUT2D eigenvalue weighted by molar-refractivity contribution is 7.80. The Morgan fingerprint density at radius 2 is 2.06 bits per heavy atom. The Hall–Kier alpha value is -0.210. The van der Waals surface area contributed by atoms with Crippen molar-refractivity contribution in [1.82, 2.24) is 0 Å². The Kier molecular flexibility index (Phi) is 8.71. The van der Waals surface area contributed by atoms with Crippen LogP contribution in [0.3, 0.4) is 0 Å². The van der Waals surface area contributed by atoms with Gasteiger partial charge in [-0.1, -0.05) is 37.8 Å². The fraction of sp³-hybridized carbons (Fsp3) is 0.889. The highest BCUT2D eigenvalue weighted by atomic mass is 35.5. The van der Waals surface area contributed by atoms with E-state index < -0.39 is 21.7 Å². The van der Waals surface area contributed by atoms with Crippen molar-refractivity contribution in [2.24, 2.45) is 0 Å². The summed E-state index contributed by atoms with van der Waals surface area (Å²) in [6, 6.07) is 0. The maximum absolute atomic E-state index is 10.4. The van der Waals surface area contributed by atoms with Crippen LogP contribution in [0.1, 0.15) is 32.6 Å². The molecule has 0 rings (SSSR count). The molecule has 0 saturated carbocycles. The predicted molar refractivity (Wildman–Crippen MR) is 65.0 cm³/mol. The van der Waals surface area contributed by atoms with Gasteiger partial charge >= 0.3 is 10.4 Å². The molecule has 0 aromatic heterocycles. The highest BCUT2D eigenvalue weighted by Crippen LogP contribution is 2.05. The number of unbranched alkanes of at least 4 members (excludes halogenated alkanes) is 3. The third kappa shape index (κ3) is 10.7. The van der Waals surface area contributed by atoms with Gasteiger partial charge in [0.1, 0.15) is 5.17 Å². The Morgan fingerprint density at radius 1 is 1.41 bits per heavy atom. The summed E-state index contributed by atoms with van der Waals surface area (Å²) in [5.74, 6) is 0. The van der Waals surface area contributed by atoms with Crippen LogP contribution in [0.4, 0.5) is 0 Å². The second kappa shape index (κ2) is 8.82. The van der Waals surface area contributed by atoms with E-state index in [1.165, 1.54) is 0 Å². The quantitative estimate of drug-likeness (QED) is 0.364. The molecule has 0 radical (unpaired) electrons. The summed E-state index contributed by atoms with van der Waals surface area (Å²) in [5.41, 5.74) is 0. The summed E-state index contributed by atoms with van der Waals surface area (Å²) >= 11 is 5.32. The van der Waals surface area contributed by atoms with Crippen LogP contribution in [0, 0.1) is 5.41 Å². The van der Waals surface area contributed by atoms with Crippen LogP contribution in [0.2, 0.25) is 0 Å². The molecule has 17 heavy (non-hydrogen) atoms. The molecule has 0 spiro atoms. The smallest absolute Gasteiger partial charge is 0.378 e. The molecule has 1 atom stereocenters. The molecule has 0 saturated heterocycles. The van der Waals surface area contributed by atoms with Crippen LogP contribution in [0.15, 0.2) is 0 Å². The van der Waals surface area contributed by atoms with E-state index in [1.807, 2.05) is 0 Å². The Balaban J connectivity index is 3.83. The first-order valence-corrected chi connectivity index (χ1v) is 7.08. The minimum atomic E-state index is -4.62. The van der Waals surface area contributed by atoms with Gasteiger partial charge in [0.05, 0.1) is 6.61 Å². The number of halogens is 1. The molecule has 0 heterocycles. The van der Waals surface area contributed by atoms with Crippen molar-refractivity contribution in [2.45, 2.75) is 38.7 Å². The predicted octanol–water partition coefficient (Wildman–Crippen LogP) is 1.99. The molecule has 0 aliphatic rings. The van der Waals surface area contributed by atoms with E-state index in [1.54, 1.807) is 0 Å². The molecule has 8 heteroatoms. The third-order valence-electron chi connectivity index (χ3n) is 1.93. The lowest BCUT2D eigenvalue weighted by atomic mass is 10.2. The molecule has 102 valence electrons. The number of ether oxygens (including phenoxy) is 1. The maximum Gasteiger partial charge on any atom is 0.398 e. The van der Waals surface area contributed by atoms with Gasteiger partial charge in [-0.25, -0.2) is 4.18 Å². The molecule has 0 aromatic carbocycles. The Morgan fingerprint density at radius 3 is 2.53 bits per heavy atom. The molecule has 0 bridgehead atoms. The number of hydrogen-bond donors (Lipinski definition) is 2. The van der Waals surface area contributed by atoms with Gasteiger partial charge < -0.3 is 4.74 Å². The first-order valence-electron chi connectivity index (χ1n) is 5.34. The molecule has 0 aromatic rings. The van der Waals surface area contributed by atoms with Crippen molar-refractivity contribution in [1.29, 1.82) is 5.41 Å². The SMILES string of the molecule is CCCCCCOC[C@@H](OS(=O)(=O)O)C(=N)Cl. The molecule has 0 fully saturated rings. The van der Waals surface area contributed by atoms with E-state index in [4.69, 9.17) is 26.3 Å². The van der Waals surface area contributed by atoms with Crippen molar-refractivity contribution < 1.29 is 21.9 Å². The monoisotopic (exact) mass is 287 g/mol. The summed E-state index contributed by atoms with van der Waals surface area (Å²) in [7, 11) is -4.62. The zero-order valence-electron chi connectivity index (χ0n) is 9.69. The summed E-state index contributed by atoms with van der Waals surface area (Å²) in [4.78, 5) is 0. The average molecular weight is 288 g/mol. The van der Waals surface area contributed by atoms with E-state index in [-0.39, 0.29) is 6.61 Å². The fourth-order valence-corrected chi connectivity index (χ4v) is 1.72. The second-order valence-electron chi connectivity index (χ2n) is 3.50. The van der Waals surface area contributed by atoms with Gasteiger partial charge in [0.15, 0.2) is 6.10 Å². The van der Waals surface area contributed by atoms with Gasteiger partial charge in [0.2, 0.25) is 0 Å². The Labute approximate surface area is 107 Å². The van der Waals surface area contributed by atoms with Crippen molar-refractivity contribution in [3.8, 4) is 0 Å². The zero-order valence-corrected chi connectivity index (χ0v) is 11.3. The van der Waals surface area contributed by atoms with Gasteiger partial charge in [-0.15, -0.1) is 0 Å². The number of nitrogens with one attached hydrogen (secondary N) is 1. The van der Waals surface area contributed by atoms with Gasteiger partial charge in [0.25, 0.3) is 0 Å². The van der Waals surface area contributed by atoms with Crippen LogP contribution in [0.5, 0.6) is 0 Å². The molecular weight excluding hydrogens is 270 g/mol. The molecule has 0 aliphatic heterocycles. The lowest BCUT2D eigenvalue weighted by Crippen LogP contribution is -2.28. The molecule has 0 aliphatic carbocycles. The van der Waals surface area contributed by atoms with Gasteiger partial charge in [-0.2, -0.15) is 8.42 Å². The fourth-order valence-electron chi connectivity index (χ4n) is 1.11. The maximum atomic E-state index is 10.4. The van der Waals surface area contributed by atoms with Gasteiger partial charge in [-0.05, 0) is 6.42 Å². The third-order valence-corrected chi connectivity index (χ3v) is 2.65. The summed E-state index contributed by atoms with van der Waals surface area (Å²) in [6.07, 6.45) is 2.82. The standard InChI is InChI=1S/C9H18ClNO5S/c1-2-3-4-5-6-15-7-8(9(10)11)16-17(12,13)14/h8,11H,2-7H2,1H3,(H,12,13,14)/t8-/m1/s1. The Bertz CT molecular complexity index is 319. The van der Waals surface area contributed by atoms with Crippen LogP contribution in [0.25, 0.3) is 0 Å². The summed E-state index contributed by atoms with van der Waals surface area (Å²) < 4.78 is 38.6. The van der Waals surface area contributed by atoms with Crippen LogP contribution < -0.4 is 0 Å². The normalized spacial score (nSPS) is 13.6. The number of rotatable bonds is 10. The molecule has 6 nitrogen and oxygen atoms in total. The topological polar surface area (TPSA) is 96.7 Å². The zero-order chi connectivity index (χ0) is 13.3. The van der Waals surface area contributed by atoms with E-state index in [2.05, 4.69) is 11.1 Å². The number of hydrogen-bond acceptors (Lipinski definition) is 5. The first-order chi connectivity index (χ1) is 7.87. The van der Waals surface area contributed by atoms with Crippen molar-refractivity contribution >= 4 is 27.2 Å². The van der Waals surface area contributed by atoms with Crippen LogP contribution in [-0.4, -0.2) is 37.5 Å². The van der Waals surface area contributed by atoms with Gasteiger partial charge in [0, 0.05) is 6.61 Å². The minimum Gasteiger partial charge on any atom is -0.378 e. The summed E-state index contributed by atoms with van der Waals surface area (Å²) in [6.45, 7) is 2.36. The van der Waals surface area contributed by atoms with E-state index in [0.29, 0.717) is 6.61 Å². The highest BCUT2D eigenvalue weighted by Gasteiger charge is 2.20. The van der Waals surface area contributed by atoms with E-state index in [9.17, 15) is 8.42 Å². The lowest BCUT2D eigenvalue weighted by molar-refractivity contribution is 0.0739. The molecular formula is C9H18ClNO5S. The van der Waals surface area contributed by atoms with Crippen molar-refractivity contribution in [2.75, 3.05) is 13.2 Å². The molecule has 2 N–H and O–H groups in total. The lowest BCUT2D eigenvalue weighted by Gasteiger charge is -2.13. The molecule has 0 amide bonds. The first kappa shape index (κ1) is 16.8. The van der Waals surface area contributed by atoms with Crippen LogP contribution in [-0.2, 0) is 19.3 Å². The second-order valence-corrected chi connectivity index (χ2v) is 4.95. The largest absolute Gasteiger partial charge is 0.398 e. The van der Waals surface area contributed by atoms with Crippen LogP contribution >= 0.6 is 11.6 Å². The van der Waals surface area contributed by atoms with Crippen molar-refractivity contribution in [3.05, 3.63) is 0 Å². The molecule has 0 unspecified atom stereocenters. The van der Waals surface area contributed by atoms with Gasteiger partial charge in [-0.3, -0.25) is 9.96 Å². The summed E-state index contributed by atoms with van der Waals surface area (Å²) in [5, 5.41) is 6.53. The van der Waals surface area contributed by atoms with E-state index in [0.717, 1.165) is 25.7 Å². The minimum absolute atomic E-state index is 0.172. The van der Waals surface area contributed by atoms with Crippen molar-refractivity contribution in [3.63, 3.8) is 0 Å². The van der Waals surface area contributed by atoms with E-state index >= 15 is 0 Å².